The molecule has 2 rings (SSSR count). The van der Waals surface area contributed by atoms with Gasteiger partial charge in [0, 0.05) is 11.4 Å². The molecule has 1 N–H and O–H groups in total. The van der Waals surface area contributed by atoms with Crippen LogP contribution in [0.3, 0.4) is 0 Å². The fourth-order valence-electron chi connectivity index (χ4n) is 2.28. The summed E-state index contributed by atoms with van der Waals surface area (Å²) >= 11 is 1.67. The van der Waals surface area contributed by atoms with Gasteiger partial charge in [-0.25, -0.2) is 0 Å². The van der Waals surface area contributed by atoms with Crippen LogP contribution in [0.1, 0.15) is 29.0 Å². The van der Waals surface area contributed by atoms with Gasteiger partial charge in [0.1, 0.15) is 0 Å². The number of likely N-dealkylation sites (N-methyl/N-ethyl adjacent to an activating group) is 1. The predicted molar refractivity (Wildman–Crippen MR) is 88.4 cm³/mol. The number of nitrogens with one attached hydrogen (secondary N) is 1. The highest BCUT2D eigenvalue weighted by atomic mass is 32.1. The van der Waals surface area contributed by atoms with E-state index in [1.54, 1.807) is 11.3 Å². The summed E-state index contributed by atoms with van der Waals surface area (Å²) in [6.07, 6.45) is 0. The average Bonchev–Trinajstić information content (AvgIpc) is 2.95. The molecule has 3 nitrogen and oxygen atoms in total. The minimum absolute atomic E-state index is 0.0620. The first kappa shape index (κ1) is 15.7. The maximum absolute atomic E-state index is 12.1. The van der Waals surface area contributed by atoms with Crippen molar-refractivity contribution in [2.24, 2.45) is 0 Å². The Kier molecular flexibility index (Phi) is 5.53. The number of nitrogens with zero attached hydrogens (tertiary/aromatic N) is 1. The van der Waals surface area contributed by atoms with E-state index in [0.717, 1.165) is 6.54 Å². The molecule has 1 aromatic carbocycles. The summed E-state index contributed by atoms with van der Waals surface area (Å²) in [5, 5.41) is 5.07. The standard InChI is InChI=1S/C17H22N2OS/c1-13-7-4-5-8-15(13)11-19(3)12-17(20)18-14(2)16-9-6-10-21-16/h4-10,14H,11-12H2,1-3H3,(H,18,20). The molecule has 1 atom stereocenters. The number of aryl methyl sites for hydroxylation is 1. The average molecular weight is 302 g/mol. The van der Waals surface area contributed by atoms with Crippen LogP contribution < -0.4 is 5.32 Å². The SMILES string of the molecule is Cc1ccccc1CN(C)CC(=O)NC(C)c1cccs1. The summed E-state index contributed by atoms with van der Waals surface area (Å²) in [7, 11) is 1.97. The monoisotopic (exact) mass is 302 g/mol. The van der Waals surface area contributed by atoms with E-state index in [-0.39, 0.29) is 11.9 Å². The molecule has 112 valence electrons. The van der Waals surface area contributed by atoms with Crippen LogP contribution in [0, 0.1) is 6.92 Å². The molecule has 0 spiro atoms. The van der Waals surface area contributed by atoms with Gasteiger partial charge in [0.15, 0.2) is 0 Å². The number of carbonyl (C=O) groups excluding carboxylic acids is 1. The van der Waals surface area contributed by atoms with E-state index >= 15 is 0 Å². The first-order valence-electron chi connectivity index (χ1n) is 7.12. The lowest BCUT2D eigenvalue weighted by molar-refractivity contribution is -0.122. The van der Waals surface area contributed by atoms with Crippen molar-refractivity contribution in [1.29, 1.82) is 0 Å². The lowest BCUT2D eigenvalue weighted by atomic mass is 10.1. The van der Waals surface area contributed by atoms with E-state index in [4.69, 9.17) is 0 Å². The Bertz CT molecular complexity index is 580. The van der Waals surface area contributed by atoms with E-state index in [9.17, 15) is 4.79 Å². The fourth-order valence-corrected chi connectivity index (χ4v) is 3.01. The van der Waals surface area contributed by atoms with Gasteiger partial charge in [-0.15, -0.1) is 11.3 Å². The van der Waals surface area contributed by atoms with Gasteiger partial charge in [0.2, 0.25) is 5.91 Å². The maximum Gasteiger partial charge on any atom is 0.234 e. The third-order valence-corrected chi connectivity index (χ3v) is 4.52. The van der Waals surface area contributed by atoms with Crippen molar-refractivity contribution in [3.05, 3.63) is 57.8 Å². The van der Waals surface area contributed by atoms with Crippen molar-refractivity contribution in [2.75, 3.05) is 13.6 Å². The third kappa shape index (κ3) is 4.69. The van der Waals surface area contributed by atoms with Crippen LogP contribution in [0.4, 0.5) is 0 Å². The highest BCUT2D eigenvalue weighted by Gasteiger charge is 2.12. The molecule has 2 aromatic rings. The van der Waals surface area contributed by atoms with Gasteiger partial charge in [-0.05, 0) is 43.5 Å². The molecule has 21 heavy (non-hydrogen) atoms. The second kappa shape index (κ2) is 7.38. The normalized spacial score (nSPS) is 12.4. The topological polar surface area (TPSA) is 32.3 Å². The highest BCUT2D eigenvalue weighted by Crippen LogP contribution is 2.18. The Morgan fingerprint density at radius 1 is 1.29 bits per heavy atom. The van der Waals surface area contributed by atoms with Crippen molar-refractivity contribution in [1.82, 2.24) is 10.2 Å². The Morgan fingerprint density at radius 3 is 2.71 bits per heavy atom. The van der Waals surface area contributed by atoms with Crippen LogP contribution in [0.2, 0.25) is 0 Å². The molecule has 0 saturated heterocycles. The number of amides is 1. The summed E-state index contributed by atoms with van der Waals surface area (Å²) < 4.78 is 0. The summed E-state index contributed by atoms with van der Waals surface area (Å²) in [5.41, 5.74) is 2.52. The van der Waals surface area contributed by atoms with Crippen LogP contribution >= 0.6 is 11.3 Å². The van der Waals surface area contributed by atoms with Crippen molar-refractivity contribution < 1.29 is 4.79 Å². The number of benzene rings is 1. The van der Waals surface area contributed by atoms with E-state index in [1.807, 2.05) is 48.5 Å². The molecule has 0 aliphatic carbocycles. The first-order chi connectivity index (χ1) is 10.1. The van der Waals surface area contributed by atoms with Gasteiger partial charge in [0.05, 0.1) is 12.6 Å². The van der Waals surface area contributed by atoms with Gasteiger partial charge in [-0.2, -0.15) is 0 Å². The van der Waals surface area contributed by atoms with E-state index in [0.29, 0.717) is 6.54 Å². The van der Waals surface area contributed by atoms with Gasteiger partial charge >= 0.3 is 0 Å². The van der Waals surface area contributed by atoms with Crippen LogP contribution in [0.5, 0.6) is 0 Å². The van der Waals surface area contributed by atoms with Gasteiger partial charge in [-0.1, -0.05) is 30.3 Å². The summed E-state index contributed by atoms with van der Waals surface area (Å²) in [5.74, 6) is 0.0620. The second-order valence-corrected chi connectivity index (χ2v) is 6.38. The van der Waals surface area contributed by atoms with Crippen LogP contribution in [0.15, 0.2) is 41.8 Å². The number of hydrogen-bond donors (Lipinski definition) is 1. The number of carbonyl (C=O) groups is 1. The smallest absolute Gasteiger partial charge is 0.234 e. The molecule has 0 bridgehead atoms. The number of hydrogen-bond acceptors (Lipinski definition) is 3. The molecule has 1 unspecified atom stereocenters. The molecule has 1 amide bonds. The molecule has 1 heterocycles. The first-order valence-corrected chi connectivity index (χ1v) is 8.00. The predicted octanol–water partition coefficient (Wildman–Crippen LogP) is 3.37. The molecule has 0 saturated carbocycles. The fraction of sp³-hybridized carbons (Fsp3) is 0.353. The molecule has 1 aromatic heterocycles. The molecule has 0 aliphatic heterocycles. The van der Waals surface area contributed by atoms with Gasteiger partial charge in [0.25, 0.3) is 0 Å². The molecule has 0 fully saturated rings. The number of thiophene rings is 1. The third-order valence-electron chi connectivity index (χ3n) is 3.46. The van der Waals surface area contributed by atoms with E-state index in [1.165, 1.54) is 16.0 Å². The summed E-state index contributed by atoms with van der Waals surface area (Å²) in [4.78, 5) is 15.3. The maximum atomic E-state index is 12.1. The van der Waals surface area contributed by atoms with Crippen LogP contribution in [-0.2, 0) is 11.3 Å². The second-order valence-electron chi connectivity index (χ2n) is 5.40. The molecular weight excluding hydrogens is 280 g/mol. The zero-order valence-corrected chi connectivity index (χ0v) is 13.6. The zero-order valence-electron chi connectivity index (χ0n) is 12.8. The van der Waals surface area contributed by atoms with Crippen molar-refractivity contribution in [2.45, 2.75) is 26.4 Å². The minimum Gasteiger partial charge on any atom is -0.348 e. The van der Waals surface area contributed by atoms with Crippen molar-refractivity contribution >= 4 is 17.2 Å². The Labute approximate surface area is 130 Å². The zero-order chi connectivity index (χ0) is 15.2. The molecule has 4 heteroatoms. The van der Waals surface area contributed by atoms with Crippen LogP contribution in [0.25, 0.3) is 0 Å². The van der Waals surface area contributed by atoms with Gasteiger partial charge in [-0.3, -0.25) is 9.69 Å². The minimum atomic E-state index is 0.0620. The summed E-state index contributed by atoms with van der Waals surface area (Å²) in [6, 6.07) is 12.4. The Morgan fingerprint density at radius 2 is 2.05 bits per heavy atom. The Hall–Kier alpha value is -1.65. The quantitative estimate of drug-likeness (QED) is 0.887. The largest absolute Gasteiger partial charge is 0.348 e. The highest BCUT2D eigenvalue weighted by molar-refractivity contribution is 7.10. The van der Waals surface area contributed by atoms with Crippen LogP contribution in [-0.4, -0.2) is 24.4 Å². The van der Waals surface area contributed by atoms with Crippen molar-refractivity contribution in [3.63, 3.8) is 0 Å². The van der Waals surface area contributed by atoms with E-state index < -0.39 is 0 Å². The molecule has 0 radical (unpaired) electrons. The molecule has 0 aliphatic rings. The molecular formula is C17H22N2OS. The lowest BCUT2D eigenvalue weighted by Crippen LogP contribution is -2.36. The summed E-state index contributed by atoms with van der Waals surface area (Å²) in [6.45, 7) is 5.31. The van der Waals surface area contributed by atoms with Gasteiger partial charge < -0.3 is 5.32 Å². The lowest BCUT2D eigenvalue weighted by Gasteiger charge is -2.19. The van der Waals surface area contributed by atoms with E-state index in [2.05, 4.69) is 24.4 Å². The van der Waals surface area contributed by atoms with Crippen molar-refractivity contribution in [3.8, 4) is 0 Å². The Balaban J connectivity index is 1.83. The number of rotatable bonds is 6.